The molecule has 0 amide bonds. The quantitative estimate of drug-likeness (QED) is 0.805. The van der Waals surface area contributed by atoms with Gasteiger partial charge in [-0.25, -0.2) is 0 Å². The maximum Gasteiger partial charge on any atom is 0.219 e. The molecule has 0 aliphatic heterocycles. The summed E-state index contributed by atoms with van der Waals surface area (Å²) < 4.78 is 1.65. The third-order valence-electron chi connectivity index (χ3n) is 3.05. The van der Waals surface area contributed by atoms with Crippen LogP contribution < -0.4 is 0 Å². The number of rotatable bonds is 3. The fourth-order valence-electron chi connectivity index (χ4n) is 2.07. The molecule has 106 valence electrons. The Morgan fingerprint density at radius 2 is 1.86 bits per heavy atom. The molecule has 0 radical (unpaired) electrons. The number of tetrazole rings is 1. The first kappa shape index (κ1) is 13.6. The van der Waals surface area contributed by atoms with Gasteiger partial charge in [-0.2, -0.15) is 4.68 Å². The molecule has 1 aromatic heterocycles. The second-order valence-electron chi connectivity index (χ2n) is 4.74. The number of phenolic OH excluding ortho intramolecular Hbond substituents is 1. The third-order valence-corrected chi connectivity index (χ3v) is 4.02. The zero-order valence-electron chi connectivity index (χ0n) is 11.7. The lowest BCUT2D eigenvalue weighted by molar-refractivity contribution is 0.457. The Morgan fingerprint density at radius 1 is 1.10 bits per heavy atom. The predicted octanol–water partition coefficient (Wildman–Crippen LogP) is 3.14. The summed E-state index contributed by atoms with van der Waals surface area (Å²) in [6.07, 6.45) is 0. The molecular weight excluding hydrogens is 284 g/mol. The molecule has 0 aliphatic rings. The van der Waals surface area contributed by atoms with E-state index in [9.17, 15) is 5.11 Å². The Morgan fingerprint density at radius 3 is 2.62 bits per heavy atom. The minimum Gasteiger partial charge on any atom is -0.506 e. The first-order valence-corrected chi connectivity index (χ1v) is 7.28. The van der Waals surface area contributed by atoms with Crippen molar-refractivity contribution in [2.75, 3.05) is 0 Å². The highest BCUT2D eigenvalue weighted by Crippen LogP contribution is 2.36. The van der Waals surface area contributed by atoms with Gasteiger partial charge in [-0.15, -0.1) is 5.10 Å². The number of hydrogen-bond acceptors (Lipinski definition) is 5. The zero-order chi connectivity index (χ0) is 14.8. The lowest BCUT2D eigenvalue weighted by Gasteiger charge is -2.08. The van der Waals surface area contributed by atoms with Crippen molar-refractivity contribution in [3.63, 3.8) is 0 Å². The van der Waals surface area contributed by atoms with Crippen molar-refractivity contribution >= 4 is 11.8 Å². The summed E-state index contributed by atoms with van der Waals surface area (Å²) in [5.41, 5.74) is 2.82. The smallest absolute Gasteiger partial charge is 0.219 e. The number of aromatic nitrogens is 4. The van der Waals surface area contributed by atoms with E-state index < -0.39 is 0 Å². The molecule has 21 heavy (non-hydrogen) atoms. The van der Waals surface area contributed by atoms with Gasteiger partial charge in [0.1, 0.15) is 5.75 Å². The fourth-order valence-corrected chi connectivity index (χ4v) is 3.08. The summed E-state index contributed by atoms with van der Waals surface area (Å²) in [5.74, 6) is 0.271. The molecule has 0 unspecified atom stereocenters. The van der Waals surface area contributed by atoms with Crippen molar-refractivity contribution in [3.05, 3.63) is 53.6 Å². The Bertz CT molecular complexity index is 771. The van der Waals surface area contributed by atoms with Crippen LogP contribution in [0.25, 0.3) is 5.69 Å². The van der Waals surface area contributed by atoms with Crippen LogP contribution in [0.2, 0.25) is 0 Å². The van der Waals surface area contributed by atoms with Crippen LogP contribution in [0.1, 0.15) is 11.1 Å². The average Bonchev–Trinajstić information content (AvgIpc) is 2.93. The number of aryl methyl sites for hydroxylation is 2. The molecule has 1 heterocycles. The highest BCUT2D eigenvalue weighted by atomic mass is 32.2. The molecule has 0 bridgehead atoms. The van der Waals surface area contributed by atoms with Gasteiger partial charge < -0.3 is 5.11 Å². The summed E-state index contributed by atoms with van der Waals surface area (Å²) in [6, 6.07) is 13.5. The summed E-state index contributed by atoms with van der Waals surface area (Å²) in [5, 5.41) is 22.6. The van der Waals surface area contributed by atoms with Gasteiger partial charge in [-0.1, -0.05) is 24.3 Å². The summed E-state index contributed by atoms with van der Waals surface area (Å²) >= 11 is 1.35. The standard InChI is InChI=1S/C15H14N4OS/c1-10-8-11(2)14(20)13(9-10)21-15-16-17-18-19(15)12-6-4-3-5-7-12/h3-9,20H,1-2H3. The molecule has 0 atom stereocenters. The number of para-hydroxylation sites is 1. The van der Waals surface area contributed by atoms with Gasteiger partial charge in [-0.3, -0.25) is 0 Å². The maximum atomic E-state index is 10.2. The number of benzene rings is 2. The lowest BCUT2D eigenvalue weighted by Crippen LogP contribution is -1.98. The topological polar surface area (TPSA) is 63.8 Å². The van der Waals surface area contributed by atoms with E-state index in [-0.39, 0.29) is 5.75 Å². The Hall–Kier alpha value is -2.34. The molecule has 3 rings (SSSR count). The van der Waals surface area contributed by atoms with Crippen LogP contribution in [0.15, 0.2) is 52.5 Å². The predicted molar refractivity (Wildman–Crippen MR) is 80.9 cm³/mol. The molecule has 5 nitrogen and oxygen atoms in total. The van der Waals surface area contributed by atoms with Crippen molar-refractivity contribution < 1.29 is 5.11 Å². The number of nitrogens with zero attached hydrogens (tertiary/aromatic N) is 4. The Labute approximate surface area is 126 Å². The molecule has 6 heteroatoms. The second-order valence-corrected chi connectivity index (χ2v) is 5.75. The summed E-state index contributed by atoms with van der Waals surface area (Å²) in [7, 11) is 0. The lowest BCUT2D eigenvalue weighted by atomic mass is 10.1. The van der Waals surface area contributed by atoms with Gasteiger partial charge in [0.15, 0.2) is 0 Å². The van der Waals surface area contributed by atoms with E-state index in [4.69, 9.17) is 0 Å². The SMILES string of the molecule is Cc1cc(C)c(O)c(Sc2nnnn2-c2ccccc2)c1. The number of phenols is 1. The van der Waals surface area contributed by atoms with Crippen molar-refractivity contribution in [3.8, 4) is 11.4 Å². The van der Waals surface area contributed by atoms with Crippen molar-refractivity contribution in [1.82, 2.24) is 20.2 Å². The normalized spacial score (nSPS) is 10.8. The van der Waals surface area contributed by atoms with Crippen LogP contribution in [-0.4, -0.2) is 25.3 Å². The van der Waals surface area contributed by atoms with Crippen LogP contribution in [0, 0.1) is 13.8 Å². The average molecular weight is 298 g/mol. The van der Waals surface area contributed by atoms with Crippen LogP contribution in [-0.2, 0) is 0 Å². The molecular formula is C15H14N4OS. The van der Waals surface area contributed by atoms with Crippen molar-refractivity contribution in [2.45, 2.75) is 23.9 Å². The fraction of sp³-hybridized carbons (Fsp3) is 0.133. The van der Waals surface area contributed by atoms with Gasteiger partial charge in [0, 0.05) is 0 Å². The van der Waals surface area contributed by atoms with E-state index in [1.54, 1.807) is 4.68 Å². The molecule has 0 fully saturated rings. The van der Waals surface area contributed by atoms with Gasteiger partial charge >= 0.3 is 0 Å². The second kappa shape index (κ2) is 5.57. The van der Waals surface area contributed by atoms with Crippen molar-refractivity contribution in [2.24, 2.45) is 0 Å². The van der Waals surface area contributed by atoms with Crippen LogP contribution in [0.5, 0.6) is 5.75 Å². The Balaban J connectivity index is 1.99. The van der Waals surface area contributed by atoms with E-state index in [1.165, 1.54) is 11.8 Å². The first-order valence-electron chi connectivity index (χ1n) is 6.47. The molecule has 0 aliphatic carbocycles. The van der Waals surface area contributed by atoms with E-state index in [0.717, 1.165) is 21.7 Å². The molecule has 1 N–H and O–H groups in total. The van der Waals surface area contributed by atoms with Crippen LogP contribution in [0.3, 0.4) is 0 Å². The van der Waals surface area contributed by atoms with E-state index >= 15 is 0 Å². The highest BCUT2D eigenvalue weighted by Gasteiger charge is 2.14. The van der Waals surface area contributed by atoms with Gasteiger partial charge in [0.05, 0.1) is 10.6 Å². The molecule has 0 saturated heterocycles. The molecule has 3 aromatic rings. The number of hydrogen-bond donors (Lipinski definition) is 1. The van der Waals surface area contributed by atoms with Crippen molar-refractivity contribution in [1.29, 1.82) is 0 Å². The minimum absolute atomic E-state index is 0.271. The monoisotopic (exact) mass is 298 g/mol. The van der Waals surface area contributed by atoms with E-state index in [0.29, 0.717) is 5.16 Å². The highest BCUT2D eigenvalue weighted by molar-refractivity contribution is 7.99. The van der Waals surface area contributed by atoms with Gasteiger partial charge in [0.25, 0.3) is 0 Å². The van der Waals surface area contributed by atoms with E-state index in [2.05, 4.69) is 15.5 Å². The number of aromatic hydroxyl groups is 1. The van der Waals surface area contributed by atoms with E-state index in [1.807, 2.05) is 56.3 Å². The maximum absolute atomic E-state index is 10.2. The van der Waals surface area contributed by atoms with Crippen LogP contribution in [0.4, 0.5) is 0 Å². The molecule has 0 spiro atoms. The minimum atomic E-state index is 0.271. The summed E-state index contributed by atoms with van der Waals surface area (Å²) in [6.45, 7) is 3.88. The van der Waals surface area contributed by atoms with Gasteiger partial charge in [-0.05, 0) is 65.4 Å². The molecule has 2 aromatic carbocycles. The zero-order valence-corrected chi connectivity index (χ0v) is 12.5. The molecule has 0 saturated carbocycles. The first-order chi connectivity index (χ1) is 10.1. The Kier molecular flexibility index (Phi) is 3.62. The van der Waals surface area contributed by atoms with Gasteiger partial charge in [0.2, 0.25) is 5.16 Å². The summed E-state index contributed by atoms with van der Waals surface area (Å²) in [4.78, 5) is 0.750. The largest absolute Gasteiger partial charge is 0.506 e. The van der Waals surface area contributed by atoms with Crippen LogP contribution >= 0.6 is 11.8 Å². The third kappa shape index (κ3) is 2.75.